The smallest absolute Gasteiger partial charge is 0.251 e. The van der Waals surface area contributed by atoms with Gasteiger partial charge in [-0.2, -0.15) is 0 Å². The number of carbonyl (C=O) groups is 3. The summed E-state index contributed by atoms with van der Waals surface area (Å²) in [5, 5.41) is 11.5. The first-order chi connectivity index (χ1) is 14.2. The van der Waals surface area contributed by atoms with Gasteiger partial charge in [-0.3, -0.25) is 14.4 Å². The Kier molecular flexibility index (Phi) is 7.98. The molecule has 160 valence electrons. The highest BCUT2D eigenvalue weighted by Crippen LogP contribution is 2.14. The number of carbonyl (C=O) groups excluding carboxylic acids is 3. The summed E-state index contributed by atoms with van der Waals surface area (Å²) in [4.78, 5) is 35.9. The van der Waals surface area contributed by atoms with Crippen LogP contribution in [0.15, 0.2) is 48.5 Å². The molecule has 7 nitrogen and oxygen atoms in total. The molecule has 0 heterocycles. The number of hydrogen-bond donors (Lipinski definition) is 4. The summed E-state index contributed by atoms with van der Waals surface area (Å²) >= 11 is 0. The standard InChI is InChI=1S/C23H30N4O3/c1-5-6-20(28)25-19-13-11-17(12-14-19)24-15-21(29)26-18-9-7-16(8-10-18)22(30)27-23(2,3)4/h7-14,24H,5-6,15H2,1-4H3,(H,25,28)(H,26,29)(H,27,30). The van der Waals surface area contributed by atoms with Gasteiger partial charge >= 0.3 is 0 Å². The molecular weight excluding hydrogens is 380 g/mol. The second-order valence-corrected chi connectivity index (χ2v) is 8.06. The lowest BCUT2D eigenvalue weighted by molar-refractivity contribution is -0.116. The third-order valence-electron chi connectivity index (χ3n) is 4.02. The van der Waals surface area contributed by atoms with Gasteiger partial charge in [-0.1, -0.05) is 6.92 Å². The Morgan fingerprint density at radius 2 is 1.27 bits per heavy atom. The van der Waals surface area contributed by atoms with Crippen LogP contribution >= 0.6 is 0 Å². The molecule has 0 atom stereocenters. The third kappa shape index (κ3) is 7.95. The number of nitrogens with one attached hydrogen (secondary N) is 4. The first-order valence-corrected chi connectivity index (χ1v) is 10.0. The van der Waals surface area contributed by atoms with Crippen LogP contribution in [0.4, 0.5) is 17.1 Å². The Balaban J connectivity index is 1.82. The first kappa shape index (κ1) is 22.9. The molecule has 7 heteroatoms. The molecule has 0 aliphatic heterocycles. The van der Waals surface area contributed by atoms with Crippen molar-refractivity contribution in [1.82, 2.24) is 5.32 Å². The van der Waals surface area contributed by atoms with Crippen molar-refractivity contribution in [3.63, 3.8) is 0 Å². The van der Waals surface area contributed by atoms with Gasteiger partial charge in [0.05, 0.1) is 6.54 Å². The van der Waals surface area contributed by atoms with Crippen LogP contribution in [-0.4, -0.2) is 29.8 Å². The SMILES string of the molecule is CCCC(=O)Nc1ccc(NCC(=O)Nc2ccc(C(=O)NC(C)(C)C)cc2)cc1. The Labute approximate surface area is 177 Å². The molecule has 0 aromatic heterocycles. The van der Waals surface area contributed by atoms with Crippen molar-refractivity contribution in [2.45, 2.75) is 46.1 Å². The average Bonchev–Trinajstić information content (AvgIpc) is 2.67. The lowest BCUT2D eigenvalue weighted by atomic mass is 10.1. The summed E-state index contributed by atoms with van der Waals surface area (Å²) in [6.07, 6.45) is 1.29. The zero-order valence-electron chi connectivity index (χ0n) is 18.0. The minimum absolute atomic E-state index is 0.0144. The predicted molar refractivity (Wildman–Crippen MR) is 121 cm³/mol. The number of rotatable bonds is 8. The lowest BCUT2D eigenvalue weighted by Gasteiger charge is -2.20. The van der Waals surface area contributed by atoms with E-state index < -0.39 is 0 Å². The lowest BCUT2D eigenvalue weighted by Crippen LogP contribution is -2.40. The highest BCUT2D eigenvalue weighted by atomic mass is 16.2. The van der Waals surface area contributed by atoms with Gasteiger partial charge in [-0.05, 0) is 75.7 Å². The summed E-state index contributed by atoms with van der Waals surface area (Å²) in [5.74, 6) is -0.377. The van der Waals surface area contributed by atoms with Crippen LogP contribution in [0.2, 0.25) is 0 Å². The van der Waals surface area contributed by atoms with Crippen molar-refractivity contribution in [1.29, 1.82) is 0 Å². The molecule has 0 fully saturated rings. The van der Waals surface area contributed by atoms with Crippen molar-refractivity contribution < 1.29 is 14.4 Å². The van der Waals surface area contributed by atoms with Crippen LogP contribution in [0, 0.1) is 0 Å². The number of benzene rings is 2. The van der Waals surface area contributed by atoms with E-state index in [1.807, 2.05) is 27.7 Å². The van der Waals surface area contributed by atoms with Gasteiger partial charge in [0.15, 0.2) is 0 Å². The fourth-order valence-corrected chi connectivity index (χ4v) is 2.63. The number of hydrogen-bond acceptors (Lipinski definition) is 4. The van der Waals surface area contributed by atoms with Gasteiger partial charge < -0.3 is 21.3 Å². The number of amides is 3. The van der Waals surface area contributed by atoms with Crippen molar-refractivity contribution in [3.8, 4) is 0 Å². The molecule has 2 aromatic rings. The maximum absolute atomic E-state index is 12.2. The van der Waals surface area contributed by atoms with E-state index >= 15 is 0 Å². The Hall–Kier alpha value is -3.35. The molecule has 4 N–H and O–H groups in total. The molecule has 0 radical (unpaired) electrons. The van der Waals surface area contributed by atoms with E-state index in [9.17, 15) is 14.4 Å². The fraction of sp³-hybridized carbons (Fsp3) is 0.348. The maximum Gasteiger partial charge on any atom is 0.251 e. The normalized spacial score (nSPS) is 10.8. The summed E-state index contributed by atoms with van der Waals surface area (Å²) in [7, 11) is 0. The summed E-state index contributed by atoms with van der Waals surface area (Å²) < 4.78 is 0. The van der Waals surface area contributed by atoms with Crippen LogP contribution < -0.4 is 21.3 Å². The Morgan fingerprint density at radius 3 is 1.80 bits per heavy atom. The van der Waals surface area contributed by atoms with Gasteiger partial charge in [0.25, 0.3) is 5.91 Å². The van der Waals surface area contributed by atoms with E-state index in [2.05, 4.69) is 21.3 Å². The van der Waals surface area contributed by atoms with E-state index in [4.69, 9.17) is 0 Å². The maximum atomic E-state index is 12.2. The van der Waals surface area contributed by atoms with Gasteiger partial charge in [-0.25, -0.2) is 0 Å². The van der Waals surface area contributed by atoms with Crippen molar-refractivity contribution in [2.24, 2.45) is 0 Å². The Bertz CT molecular complexity index is 869. The molecular formula is C23H30N4O3. The highest BCUT2D eigenvalue weighted by Gasteiger charge is 2.15. The van der Waals surface area contributed by atoms with Crippen LogP contribution in [0.3, 0.4) is 0 Å². The van der Waals surface area contributed by atoms with Crippen LogP contribution in [0.25, 0.3) is 0 Å². The monoisotopic (exact) mass is 410 g/mol. The van der Waals surface area contributed by atoms with Gasteiger partial charge in [0.2, 0.25) is 11.8 Å². The van der Waals surface area contributed by atoms with E-state index in [-0.39, 0.29) is 29.8 Å². The summed E-state index contributed by atoms with van der Waals surface area (Å²) in [6, 6.07) is 13.9. The van der Waals surface area contributed by atoms with Crippen LogP contribution in [-0.2, 0) is 9.59 Å². The van der Waals surface area contributed by atoms with E-state index in [1.165, 1.54) is 0 Å². The van der Waals surface area contributed by atoms with Gasteiger partial charge in [-0.15, -0.1) is 0 Å². The van der Waals surface area contributed by atoms with E-state index in [1.54, 1.807) is 48.5 Å². The van der Waals surface area contributed by atoms with Gasteiger partial charge in [0.1, 0.15) is 0 Å². The molecule has 0 aliphatic rings. The molecule has 0 aliphatic carbocycles. The molecule has 2 aromatic carbocycles. The molecule has 0 unspecified atom stereocenters. The molecule has 3 amide bonds. The van der Waals surface area contributed by atoms with Gasteiger partial charge in [0, 0.05) is 34.6 Å². The van der Waals surface area contributed by atoms with Crippen LogP contribution in [0.5, 0.6) is 0 Å². The fourth-order valence-electron chi connectivity index (χ4n) is 2.63. The van der Waals surface area contributed by atoms with E-state index in [0.29, 0.717) is 17.7 Å². The largest absolute Gasteiger partial charge is 0.376 e. The molecule has 2 rings (SSSR count). The first-order valence-electron chi connectivity index (χ1n) is 10.0. The zero-order valence-corrected chi connectivity index (χ0v) is 18.0. The van der Waals surface area contributed by atoms with E-state index in [0.717, 1.165) is 17.8 Å². The predicted octanol–water partition coefficient (Wildman–Crippen LogP) is 4.00. The van der Waals surface area contributed by atoms with Crippen molar-refractivity contribution >= 4 is 34.8 Å². The molecule has 30 heavy (non-hydrogen) atoms. The third-order valence-corrected chi connectivity index (χ3v) is 4.02. The topological polar surface area (TPSA) is 99.3 Å². The van der Waals surface area contributed by atoms with Crippen LogP contribution in [0.1, 0.15) is 50.9 Å². The average molecular weight is 411 g/mol. The molecule has 0 saturated heterocycles. The second kappa shape index (κ2) is 10.4. The van der Waals surface area contributed by atoms with Crippen molar-refractivity contribution in [3.05, 3.63) is 54.1 Å². The molecule has 0 spiro atoms. The highest BCUT2D eigenvalue weighted by molar-refractivity contribution is 5.97. The quantitative estimate of drug-likeness (QED) is 0.528. The second-order valence-electron chi connectivity index (χ2n) is 8.06. The minimum Gasteiger partial charge on any atom is -0.376 e. The molecule has 0 saturated carbocycles. The van der Waals surface area contributed by atoms with Crippen molar-refractivity contribution in [2.75, 3.05) is 22.5 Å². The molecule has 0 bridgehead atoms. The Morgan fingerprint density at radius 1 is 0.767 bits per heavy atom. The number of anilines is 3. The zero-order chi connectivity index (χ0) is 22.1. The summed E-state index contributed by atoms with van der Waals surface area (Å²) in [5.41, 5.74) is 2.33. The summed E-state index contributed by atoms with van der Waals surface area (Å²) in [6.45, 7) is 7.80. The minimum atomic E-state index is -0.311.